The normalized spacial score (nSPS) is 14.0. The number of hydrogen-bond acceptors (Lipinski definition) is 4. The number of aromatic nitrogens is 5. The van der Waals surface area contributed by atoms with Crippen LogP contribution in [-0.4, -0.2) is 36.4 Å². The van der Waals surface area contributed by atoms with E-state index in [-0.39, 0.29) is 5.91 Å². The van der Waals surface area contributed by atoms with E-state index in [2.05, 4.69) is 20.8 Å². The Hall–Kier alpha value is -2.77. The minimum atomic E-state index is -0.185. The molecule has 3 aromatic rings. The highest BCUT2D eigenvalue weighted by Gasteiger charge is 2.19. The highest BCUT2D eigenvalue weighted by atomic mass is 16.1. The lowest BCUT2D eigenvalue weighted by molar-refractivity contribution is 0.102. The fourth-order valence-electron chi connectivity index (χ4n) is 2.67. The quantitative estimate of drug-likeness (QED) is 0.734. The SMILES string of the molecule is Cn1ccn2ncc(C(=O)Nc3cnn4c3NCCC4)c12. The molecule has 1 aliphatic rings. The average Bonchev–Trinajstić information content (AvgIpc) is 3.17. The maximum absolute atomic E-state index is 12.5. The molecule has 4 rings (SSSR count). The van der Waals surface area contributed by atoms with Crippen LogP contribution in [0.5, 0.6) is 0 Å². The minimum absolute atomic E-state index is 0.185. The minimum Gasteiger partial charge on any atom is -0.368 e. The van der Waals surface area contributed by atoms with Gasteiger partial charge in [0.1, 0.15) is 22.7 Å². The molecule has 0 atom stereocenters. The van der Waals surface area contributed by atoms with Crippen molar-refractivity contribution in [3.8, 4) is 0 Å². The number of nitrogens with zero attached hydrogens (tertiary/aromatic N) is 5. The zero-order valence-corrected chi connectivity index (χ0v) is 11.6. The van der Waals surface area contributed by atoms with Crippen molar-refractivity contribution in [2.45, 2.75) is 13.0 Å². The van der Waals surface area contributed by atoms with Crippen LogP contribution in [0.2, 0.25) is 0 Å². The van der Waals surface area contributed by atoms with Gasteiger partial charge in [0.15, 0.2) is 0 Å². The number of anilines is 2. The summed E-state index contributed by atoms with van der Waals surface area (Å²) in [6.45, 7) is 1.76. The smallest absolute Gasteiger partial charge is 0.261 e. The summed E-state index contributed by atoms with van der Waals surface area (Å²) in [7, 11) is 1.89. The zero-order valence-electron chi connectivity index (χ0n) is 11.6. The van der Waals surface area contributed by atoms with E-state index in [1.54, 1.807) is 16.9 Å². The van der Waals surface area contributed by atoms with Gasteiger partial charge in [0, 0.05) is 32.5 Å². The number of rotatable bonds is 2. The van der Waals surface area contributed by atoms with Crippen LogP contribution in [0, 0.1) is 0 Å². The van der Waals surface area contributed by atoms with E-state index in [1.807, 2.05) is 28.7 Å². The van der Waals surface area contributed by atoms with Crippen LogP contribution in [0.15, 0.2) is 24.8 Å². The number of carbonyl (C=O) groups excluding carboxylic acids is 1. The van der Waals surface area contributed by atoms with Gasteiger partial charge < -0.3 is 15.2 Å². The second kappa shape index (κ2) is 4.37. The number of carbonyl (C=O) groups is 1. The van der Waals surface area contributed by atoms with Crippen molar-refractivity contribution in [2.75, 3.05) is 17.2 Å². The summed E-state index contributed by atoms with van der Waals surface area (Å²) in [5.74, 6) is 0.680. The molecule has 21 heavy (non-hydrogen) atoms. The maximum atomic E-state index is 12.5. The largest absolute Gasteiger partial charge is 0.368 e. The molecule has 0 aliphatic carbocycles. The molecule has 2 N–H and O–H groups in total. The van der Waals surface area contributed by atoms with Gasteiger partial charge in [0.25, 0.3) is 5.91 Å². The molecule has 0 saturated heterocycles. The van der Waals surface area contributed by atoms with Gasteiger partial charge in [-0.1, -0.05) is 0 Å². The van der Waals surface area contributed by atoms with Crippen LogP contribution in [-0.2, 0) is 13.6 Å². The molecule has 0 radical (unpaired) electrons. The Labute approximate surface area is 120 Å². The van der Waals surface area contributed by atoms with E-state index in [9.17, 15) is 4.79 Å². The molecule has 1 aliphatic heterocycles. The molecule has 8 heteroatoms. The summed E-state index contributed by atoms with van der Waals surface area (Å²) in [5, 5.41) is 14.6. The monoisotopic (exact) mass is 285 g/mol. The average molecular weight is 285 g/mol. The summed E-state index contributed by atoms with van der Waals surface area (Å²) in [5.41, 5.74) is 2.01. The third-order valence-corrected chi connectivity index (χ3v) is 3.71. The van der Waals surface area contributed by atoms with Crippen molar-refractivity contribution in [3.05, 3.63) is 30.4 Å². The summed E-state index contributed by atoms with van der Waals surface area (Å²) in [6, 6.07) is 0. The van der Waals surface area contributed by atoms with Crippen molar-refractivity contribution >= 4 is 23.1 Å². The molecule has 0 spiro atoms. The van der Waals surface area contributed by atoms with Crippen LogP contribution in [0.1, 0.15) is 16.8 Å². The van der Waals surface area contributed by atoms with Gasteiger partial charge in [-0.25, -0.2) is 9.20 Å². The van der Waals surface area contributed by atoms with Crippen LogP contribution < -0.4 is 10.6 Å². The fraction of sp³-hybridized carbons (Fsp3) is 0.308. The van der Waals surface area contributed by atoms with Crippen molar-refractivity contribution in [1.29, 1.82) is 0 Å². The Bertz CT molecular complexity index is 825. The van der Waals surface area contributed by atoms with Crippen molar-refractivity contribution < 1.29 is 4.79 Å². The molecular formula is C13H15N7O. The van der Waals surface area contributed by atoms with E-state index < -0.39 is 0 Å². The summed E-state index contributed by atoms with van der Waals surface area (Å²) in [4.78, 5) is 12.5. The fourth-order valence-corrected chi connectivity index (χ4v) is 2.67. The molecule has 8 nitrogen and oxygen atoms in total. The maximum Gasteiger partial charge on any atom is 0.261 e. The predicted octanol–water partition coefficient (Wildman–Crippen LogP) is 0.937. The Morgan fingerprint density at radius 2 is 2.24 bits per heavy atom. The number of imidazole rings is 1. The van der Waals surface area contributed by atoms with Gasteiger partial charge in [0.05, 0.1) is 12.4 Å². The Morgan fingerprint density at radius 1 is 1.33 bits per heavy atom. The van der Waals surface area contributed by atoms with Crippen molar-refractivity contribution in [3.63, 3.8) is 0 Å². The molecule has 108 valence electrons. The van der Waals surface area contributed by atoms with Crippen LogP contribution >= 0.6 is 0 Å². The molecule has 0 aromatic carbocycles. The van der Waals surface area contributed by atoms with Gasteiger partial charge in [-0.15, -0.1) is 0 Å². The lowest BCUT2D eigenvalue weighted by Gasteiger charge is -2.16. The van der Waals surface area contributed by atoms with Crippen molar-refractivity contribution in [1.82, 2.24) is 24.0 Å². The standard InChI is InChI=1S/C13H15N7O/c1-18-5-6-20-13(18)9(7-15-20)12(21)17-10-8-16-19-4-2-3-14-11(10)19/h5-8,14H,2-4H2,1H3,(H,17,21). The Kier molecular flexibility index (Phi) is 2.50. The first-order chi connectivity index (χ1) is 10.2. The number of amides is 1. The van der Waals surface area contributed by atoms with Gasteiger partial charge in [-0.2, -0.15) is 10.2 Å². The zero-order chi connectivity index (χ0) is 14.4. The Morgan fingerprint density at radius 3 is 3.14 bits per heavy atom. The van der Waals surface area contributed by atoms with E-state index in [0.717, 1.165) is 31.0 Å². The number of nitrogens with one attached hydrogen (secondary N) is 2. The first-order valence-corrected chi connectivity index (χ1v) is 6.84. The molecule has 0 fully saturated rings. The lowest BCUT2D eigenvalue weighted by Crippen LogP contribution is -2.19. The van der Waals surface area contributed by atoms with Gasteiger partial charge in [0.2, 0.25) is 0 Å². The van der Waals surface area contributed by atoms with Crippen LogP contribution in [0.3, 0.4) is 0 Å². The predicted molar refractivity (Wildman–Crippen MR) is 77.4 cm³/mol. The van der Waals surface area contributed by atoms with Gasteiger partial charge in [-0.05, 0) is 6.42 Å². The lowest BCUT2D eigenvalue weighted by atomic mass is 10.3. The summed E-state index contributed by atoms with van der Waals surface area (Å²) < 4.78 is 5.42. The molecule has 0 bridgehead atoms. The molecule has 1 amide bonds. The van der Waals surface area contributed by atoms with E-state index >= 15 is 0 Å². The van der Waals surface area contributed by atoms with Gasteiger partial charge >= 0.3 is 0 Å². The van der Waals surface area contributed by atoms with Crippen LogP contribution in [0.4, 0.5) is 11.5 Å². The summed E-state index contributed by atoms with van der Waals surface area (Å²) in [6.07, 6.45) is 7.97. The molecule has 0 unspecified atom stereocenters. The van der Waals surface area contributed by atoms with Gasteiger partial charge in [-0.3, -0.25) is 4.79 Å². The Balaban J connectivity index is 1.67. The second-order valence-corrected chi connectivity index (χ2v) is 5.10. The molecule has 4 heterocycles. The van der Waals surface area contributed by atoms with E-state index in [1.165, 1.54) is 0 Å². The topological polar surface area (TPSA) is 81.2 Å². The first kappa shape index (κ1) is 12.0. The molecular weight excluding hydrogens is 270 g/mol. The number of fused-ring (bicyclic) bond motifs is 2. The van der Waals surface area contributed by atoms with E-state index in [4.69, 9.17) is 0 Å². The molecule has 0 saturated carbocycles. The highest BCUT2D eigenvalue weighted by molar-refractivity contribution is 6.09. The number of hydrogen-bond donors (Lipinski definition) is 2. The molecule has 3 aromatic heterocycles. The van der Waals surface area contributed by atoms with Crippen LogP contribution in [0.25, 0.3) is 5.65 Å². The third-order valence-electron chi connectivity index (χ3n) is 3.71. The first-order valence-electron chi connectivity index (χ1n) is 6.84. The third kappa shape index (κ3) is 1.79. The van der Waals surface area contributed by atoms with Crippen molar-refractivity contribution in [2.24, 2.45) is 7.05 Å². The highest BCUT2D eigenvalue weighted by Crippen LogP contribution is 2.25. The second-order valence-electron chi connectivity index (χ2n) is 5.10. The number of aryl methyl sites for hydroxylation is 2. The van der Waals surface area contributed by atoms with E-state index in [0.29, 0.717) is 11.3 Å². The summed E-state index contributed by atoms with van der Waals surface area (Å²) >= 11 is 0.